The first kappa shape index (κ1) is 13.0. The molecule has 2 bridgehead atoms. The number of hydrazone groups is 1. The summed E-state index contributed by atoms with van der Waals surface area (Å²) in [6.07, 6.45) is 7.58. The van der Waals surface area contributed by atoms with Crippen molar-refractivity contribution in [2.75, 3.05) is 0 Å². The van der Waals surface area contributed by atoms with Gasteiger partial charge in [0.15, 0.2) is 4.67 Å². The van der Waals surface area contributed by atoms with E-state index in [1.165, 1.54) is 6.21 Å². The number of rotatable bonds is 2. The van der Waals surface area contributed by atoms with Gasteiger partial charge < -0.3 is 4.42 Å². The van der Waals surface area contributed by atoms with Gasteiger partial charge in [-0.3, -0.25) is 9.59 Å². The van der Waals surface area contributed by atoms with Gasteiger partial charge in [0, 0.05) is 0 Å². The van der Waals surface area contributed by atoms with Gasteiger partial charge in [-0.2, -0.15) is 10.1 Å². The van der Waals surface area contributed by atoms with Gasteiger partial charge in [0.05, 0.1) is 18.1 Å². The summed E-state index contributed by atoms with van der Waals surface area (Å²) in [4.78, 5) is 25.0. The maximum absolute atomic E-state index is 12.5. The molecule has 6 heteroatoms. The highest BCUT2D eigenvalue weighted by Crippen LogP contribution is 2.49. The third kappa shape index (κ3) is 1.92. The number of imide groups is 1. The molecule has 5 rings (SSSR count). The molecule has 2 amide bonds. The van der Waals surface area contributed by atoms with Gasteiger partial charge in [0.2, 0.25) is 0 Å². The van der Waals surface area contributed by atoms with Crippen LogP contribution < -0.4 is 0 Å². The van der Waals surface area contributed by atoms with Crippen molar-refractivity contribution in [3.05, 3.63) is 34.7 Å². The van der Waals surface area contributed by atoms with E-state index >= 15 is 0 Å². The molecule has 1 aliphatic heterocycles. The van der Waals surface area contributed by atoms with Crippen molar-refractivity contribution in [1.29, 1.82) is 0 Å². The molecule has 2 heterocycles. The predicted molar refractivity (Wildman–Crippen MR) is 78.2 cm³/mol. The van der Waals surface area contributed by atoms with Crippen molar-refractivity contribution in [3.8, 4) is 0 Å². The average Bonchev–Trinajstić information content (AvgIpc) is 3.03. The third-order valence-electron chi connectivity index (χ3n) is 4.63. The quantitative estimate of drug-likeness (QED) is 0.468. The summed E-state index contributed by atoms with van der Waals surface area (Å²) in [7, 11) is 0. The van der Waals surface area contributed by atoms with Gasteiger partial charge in [0.25, 0.3) is 11.8 Å². The fourth-order valence-electron chi connectivity index (χ4n) is 3.68. The number of halogens is 1. The number of hydrogen-bond acceptors (Lipinski definition) is 4. The lowest BCUT2D eigenvalue weighted by Gasteiger charge is -2.37. The molecule has 1 saturated heterocycles. The van der Waals surface area contributed by atoms with Crippen LogP contribution in [0.25, 0.3) is 0 Å². The Bertz CT molecular complexity index is 646. The number of allylic oxidation sites excluding steroid dienone is 2. The summed E-state index contributed by atoms with van der Waals surface area (Å²) in [5.41, 5.74) is 0. The number of nitrogens with zero attached hydrogens (tertiary/aromatic N) is 2. The minimum atomic E-state index is -0.221. The van der Waals surface area contributed by atoms with Gasteiger partial charge in [0.1, 0.15) is 5.76 Å². The number of carbonyl (C=O) groups is 2. The van der Waals surface area contributed by atoms with E-state index in [-0.39, 0.29) is 35.5 Å². The number of amides is 2. The number of carbonyl (C=O) groups excluding carboxylic acids is 2. The van der Waals surface area contributed by atoms with Crippen LogP contribution in [-0.2, 0) is 9.59 Å². The minimum Gasteiger partial charge on any atom is -0.448 e. The summed E-state index contributed by atoms with van der Waals surface area (Å²) < 4.78 is 5.88. The summed E-state index contributed by atoms with van der Waals surface area (Å²) in [6, 6.07) is 3.45. The van der Waals surface area contributed by atoms with Crippen LogP contribution >= 0.6 is 15.9 Å². The third-order valence-corrected chi connectivity index (χ3v) is 5.06. The lowest BCUT2D eigenvalue weighted by Crippen LogP contribution is -2.38. The molecular weight excluding hydrogens is 336 g/mol. The molecule has 0 radical (unpaired) electrons. The van der Waals surface area contributed by atoms with Crippen LogP contribution in [0.15, 0.2) is 38.5 Å². The average molecular weight is 349 g/mol. The van der Waals surface area contributed by atoms with E-state index in [2.05, 4.69) is 33.2 Å². The summed E-state index contributed by atoms with van der Waals surface area (Å²) in [5, 5.41) is 5.09. The second-order valence-electron chi connectivity index (χ2n) is 5.72. The topological polar surface area (TPSA) is 62.9 Å². The van der Waals surface area contributed by atoms with Crippen molar-refractivity contribution >= 4 is 34.0 Å². The van der Waals surface area contributed by atoms with Crippen molar-refractivity contribution in [2.45, 2.75) is 12.8 Å². The van der Waals surface area contributed by atoms with E-state index in [4.69, 9.17) is 4.42 Å². The van der Waals surface area contributed by atoms with Gasteiger partial charge >= 0.3 is 0 Å². The fourth-order valence-corrected chi connectivity index (χ4v) is 4.00. The van der Waals surface area contributed by atoms with E-state index in [1.54, 1.807) is 12.1 Å². The molecule has 4 aliphatic rings. The minimum absolute atomic E-state index is 0.175. The zero-order valence-corrected chi connectivity index (χ0v) is 12.7. The van der Waals surface area contributed by atoms with Gasteiger partial charge in [-0.15, -0.1) is 0 Å². The van der Waals surface area contributed by atoms with Crippen molar-refractivity contribution in [2.24, 2.45) is 28.8 Å². The molecule has 3 aliphatic carbocycles. The van der Waals surface area contributed by atoms with E-state index in [9.17, 15) is 9.59 Å². The Morgan fingerprint density at radius 1 is 1.14 bits per heavy atom. The van der Waals surface area contributed by atoms with Crippen LogP contribution in [0.5, 0.6) is 0 Å². The Morgan fingerprint density at radius 3 is 2.24 bits per heavy atom. The first-order valence-corrected chi connectivity index (χ1v) is 7.80. The second kappa shape index (κ2) is 4.66. The SMILES string of the molecule is O=C1[C@@H]2[C@@H](C(=O)N1/N=C\c1ccc(Br)o1)[C@H]1C=C[C@@H]2CC1. The summed E-state index contributed by atoms with van der Waals surface area (Å²) in [5.74, 6) is 0.0857. The number of hydrogen-bond donors (Lipinski definition) is 0. The first-order valence-electron chi connectivity index (χ1n) is 7.00. The Kier molecular flexibility index (Phi) is 2.89. The smallest absolute Gasteiger partial charge is 0.254 e. The predicted octanol–water partition coefficient (Wildman–Crippen LogP) is 2.57. The monoisotopic (exact) mass is 348 g/mol. The normalized spacial score (nSPS) is 34.2. The molecule has 5 nitrogen and oxygen atoms in total. The number of furan rings is 1. The lowest BCUT2D eigenvalue weighted by molar-refractivity contribution is -0.140. The number of fused-ring (bicyclic) bond motifs is 1. The molecule has 1 aromatic heterocycles. The van der Waals surface area contributed by atoms with Gasteiger partial charge in [-0.1, -0.05) is 12.2 Å². The Labute approximate surface area is 129 Å². The van der Waals surface area contributed by atoms with E-state index in [0.29, 0.717) is 10.4 Å². The Morgan fingerprint density at radius 2 is 1.76 bits per heavy atom. The van der Waals surface area contributed by atoms with Crippen LogP contribution in [-0.4, -0.2) is 23.0 Å². The molecule has 108 valence electrons. The summed E-state index contributed by atoms with van der Waals surface area (Å²) >= 11 is 3.20. The molecule has 4 atom stereocenters. The maximum Gasteiger partial charge on any atom is 0.254 e. The standard InChI is InChI=1S/C15H13BrN2O3/c16-11-6-5-10(21-11)7-17-18-14(19)12-8-1-2-9(4-3-8)13(12)15(18)20/h1-2,5-9,12-13H,3-4H2/b17-7-/t8-,9+,12-,13-/m0/s1. The van der Waals surface area contributed by atoms with Gasteiger partial charge in [-0.05, 0) is 52.7 Å². The fraction of sp³-hybridized carbons (Fsp3) is 0.400. The van der Waals surface area contributed by atoms with E-state index < -0.39 is 0 Å². The maximum atomic E-state index is 12.5. The zero-order chi connectivity index (χ0) is 14.6. The van der Waals surface area contributed by atoms with Crippen LogP contribution in [0.2, 0.25) is 0 Å². The van der Waals surface area contributed by atoms with Crippen molar-refractivity contribution in [3.63, 3.8) is 0 Å². The molecule has 1 saturated carbocycles. The van der Waals surface area contributed by atoms with Crippen molar-refractivity contribution < 1.29 is 14.0 Å². The highest BCUT2D eigenvalue weighted by Gasteiger charge is 2.56. The molecule has 0 N–H and O–H groups in total. The van der Waals surface area contributed by atoms with Crippen molar-refractivity contribution in [1.82, 2.24) is 5.01 Å². The lowest BCUT2D eigenvalue weighted by atomic mass is 9.63. The summed E-state index contributed by atoms with van der Waals surface area (Å²) in [6.45, 7) is 0. The van der Waals surface area contributed by atoms with Gasteiger partial charge in [-0.25, -0.2) is 0 Å². The molecule has 0 aromatic carbocycles. The largest absolute Gasteiger partial charge is 0.448 e. The molecular formula is C15H13BrN2O3. The highest BCUT2D eigenvalue weighted by molar-refractivity contribution is 9.10. The molecule has 1 aromatic rings. The Balaban J connectivity index is 1.62. The van der Waals surface area contributed by atoms with E-state index in [0.717, 1.165) is 17.9 Å². The highest BCUT2D eigenvalue weighted by atomic mass is 79.9. The molecule has 2 fully saturated rings. The molecule has 21 heavy (non-hydrogen) atoms. The van der Waals surface area contributed by atoms with E-state index in [1.807, 2.05) is 0 Å². The molecule has 0 unspecified atom stereocenters. The first-order chi connectivity index (χ1) is 10.1. The Hall–Kier alpha value is -1.69. The second-order valence-corrected chi connectivity index (χ2v) is 6.50. The van der Waals surface area contributed by atoms with Crippen LogP contribution in [0, 0.1) is 23.7 Å². The van der Waals surface area contributed by atoms with Crippen LogP contribution in [0.3, 0.4) is 0 Å². The van der Waals surface area contributed by atoms with Crippen LogP contribution in [0.4, 0.5) is 0 Å². The van der Waals surface area contributed by atoms with Crippen LogP contribution in [0.1, 0.15) is 18.6 Å². The molecule has 0 spiro atoms. The zero-order valence-electron chi connectivity index (χ0n) is 11.1.